The summed E-state index contributed by atoms with van der Waals surface area (Å²) >= 11 is 0. The lowest BCUT2D eigenvalue weighted by Gasteiger charge is -2.20. The fourth-order valence-electron chi connectivity index (χ4n) is 4.41. The molecule has 0 amide bonds. The molecule has 1 heteroatoms. The topological polar surface area (TPSA) is 9.23 Å². The van der Waals surface area contributed by atoms with E-state index in [0.29, 0.717) is 0 Å². The van der Waals surface area contributed by atoms with Gasteiger partial charge >= 0.3 is 0 Å². The maximum absolute atomic E-state index is 5.38. The Hall–Kier alpha value is -4.10. The zero-order valence-corrected chi connectivity index (χ0v) is 20.4. The summed E-state index contributed by atoms with van der Waals surface area (Å²) in [6.07, 6.45) is 9.48. The van der Waals surface area contributed by atoms with E-state index < -0.39 is 0 Å². The van der Waals surface area contributed by atoms with Crippen LogP contribution in [0.25, 0.3) is 50.4 Å². The smallest absolute Gasteiger partial charge is 0.119 e. The minimum absolute atomic E-state index is 0.853. The lowest BCUT2D eigenvalue weighted by atomic mass is 9.83. The third kappa shape index (κ3) is 4.38. The van der Waals surface area contributed by atoms with E-state index in [1.807, 2.05) is 44.2 Å². The van der Waals surface area contributed by atoms with Crippen LogP contribution in [0.2, 0.25) is 0 Å². The Labute approximate surface area is 203 Å². The van der Waals surface area contributed by atoms with E-state index in [1.54, 1.807) is 13.2 Å². The van der Waals surface area contributed by atoms with Gasteiger partial charge < -0.3 is 4.74 Å². The van der Waals surface area contributed by atoms with Crippen LogP contribution in [0.5, 0.6) is 5.75 Å². The molecule has 0 saturated carbocycles. The zero-order valence-electron chi connectivity index (χ0n) is 20.4. The van der Waals surface area contributed by atoms with Crippen molar-refractivity contribution in [2.24, 2.45) is 0 Å². The van der Waals surface area contributed by atoms with Gasteiger partial charge in [-0.25, -0.2) is 0 Å². The van der Waals surface area contributed by atoms with Gasteiger partial charge in [-0.15, -0.1) is 0 Å². The van der Waals surface area contributed by atoms with Crippen molar-refractivity contribution in [2.45, 2.75) is 13.8 Å². The largest absolute Gasteiger partial charge is 0.497 e. The molecule has 0 aliphatic heterocycles. The number of hydrogen-bond acceptors (Lipinski definition) is 1. The van der Waals surface area contributed by atoms with Gasteiger partial charge in [0.15, 0.2) is 0 Å². The molecule has 0 unspecified atom stereocenters. The highest BCUT2D eigenvalue weighted by molar-refractivity contribution is 6.10. The predicted octanol–water partition coefficient (Wildman–Crippen LogP) is 9.74. The standard InChI is InChI=1S/C31H26O.C2H6/c1-6-12-21(7-2)30-26(8-3)27(9-4)31(29-14-11-10-13-28(29)30)24-16-15-23-20-25(32-5)18-17-22(23)19-24;1-2/h6-20H,1-4H2,5H3;1-2H3/b21-12+;. The molecular weight excluding hydrogens is 412 g/mol. The first-order valence-electron chi connectivity index (χ1n) is 11.5. The van der Waals surface area contributed by atoms with E-state index in [4.69, 9.17) is 4.74 Å². The molecule has 0 atom stereocenters. The van der Waals surface area contributed by atoms with E-state index in [0.717, 1.165) is 60.7 Å². The monoisotopic (exact) mass is 444 g/mol. The summed E-state index contributed by atoms with van der Waals surface area (Å²) in [6, 6.07) is 21.1. The van der Waals surface area contributed by atoms with Crippen LogP contribution in [0.4, 0.5) is 0 Å². The van der Waals surface area contributed by atoms with Crippen LogP contribution in [0.1, 0.15) is 30.5 Å². The Balaban J connectivity index is 0.00000158. The highest BCUT2D eigenvalue weighted by atomic mass is 16.5. The maximum atomic E-state index is 5.38. The molecule has 0 aliphatic rings. The fourth-order valence-corrected chi connectivity index (χ4v) is 4.41. The van der Waals surface area contributed by atoms with Crippen molar-refractivity contribution in [3.05, 3.63) is 122 Å². The third-order valence-electron chi connectivity index (χ3n) is 5.84. The van der Waals surface area contributed by atoms with Crippen molar-refractivity contribution in [1.82, 2.24) is 0 Å². The quantitative estimate of drug-likeness (QED) is 0.258. The van der Waals surface area contributed by atoms with Gasteiger partial charge in [-0.2, -0.15) is 0 Å². The minimum atomic E-state index is 0.853. The molecule has 0 bridgehead atoms. The SMILES string of the molecule is C=C/C=C(\C=C)c1c(C=C)c(C=C)c(-c2ccc3cc(OC)ccc3c2)c2ccccc12.CC. The van der Waals surface area contributed by atoms with Gasteiger partial charge in [0, 0.05) is 0 Å². The van der Waals surface area contributed by atoms with Gasteiger partial charge in [0.25, 0.3) is 0 Å². The van der Waals surface area contributed by atoms with Gasteiger partial charge in [0.1, 0.15) is 5.75 Å². The van der Waals surface area contributed by atoms with Crippen molar-refractivity contribution < 1.29 is 4.74 Å². The molecule has 0 aromatic heterocycles. The van der Waals surface area contributed by atoms with E-state index in [-0.39, 0.29) is 0 Å². The second-order valence-electron chi connectivity index (χ2n) is 7.52. The summed E-state index contributed by atoms with van der Waals surface area (Å²) in [6.45, 7) is 20.2. The second kappa shape index (κ2) is 11.2. The van der Waals surface area contributed by atoms with Crippen molar-refractivity contribution in [3.63, 3.8) is 0 Å². The van der Waals surface area contributed by atoms with Gasteiger partial charge in [-0.1, -0.05) is 113 Å². The lowest BCUT2D eigenvalue weighted by molar-refractivity contribution is 0.415. The van der Waals surface area contributed by atoms with Crippen LogP contribution in [-0.4, -0.2) is 7.11 Å². The third-order valence-corrected chi connectivity index (χ3v) is 5.84. The average molecular weight is 445 g/mol. The Bertz CT molecular complexity index is 1420. The number of hydrogen-bond donors (Lipinski definition) is 0. The van der Waals surface area contributed by atoms with Crippen LogP contribution in [0.15, 0.2) is 105 Å². The summed E-state index contributed by atoms with van der Waals surface area (Å²) in [7, 11) is 1.69. The Kier molecular flexibility index (Phi) is 8.05. The summed E-state index contributed by atoms with van der Waals surface area (Å²) in [5.41, 5.74) is 6.47. The zero-order chi connectivity index (χ0) is 24.7. The van der Waals surface area contributed by atoms with E-state index in [1.165, 1.54) is 0 Å². The molecule has 170 valence electrons. The number of ether oxygens (including phenoxy) is 1. The first-order chi connectivity index (χ1) is 16.7. The molecule has 4 rings (SSSR count). The lowest BCUT2D eigenvalue weighted by Crippen LogP contribution is -1.98. The number of fused-ring (bicyclic) bond motifs is 2. The van der Waals surface area contributed by atoms with Gasteiger partial charge in [-0.05, 0) is 73.1 Å². The van der Waals surface area contributed by atoms with Gasteiger partial charge in [-0.3, -0.25) is 0 Å². The molecule has 0 aliphatic carbocycles. The Morgan fingerprint density at radius 3 is 2.03 bits per heavy atom. The average Bonchev–Trinajstić information content (AvgIpc) is 2.90. The van der Waals surface area contributed by atoms with Crippen molar-refractivity contribution in [3.8, 4) is 16.9 Å². The number of benzene rings is 4. The summed E-state index contributed by atoms with van der Waals surface area (Å²) in [5, 5.41) is 4.60. The molecule has 0 radical (unpaired) electrons. The van der Waals surface area contributed by atoms with Crippen molar-refractivity contribution in [1.29, 1.82) is 0 Å². The van der Waals surface area contributed by atoms with Crippen LogP contribution in [0.3, 0.4) is 0 Å². The first-order valence-corrected chi connectivity index (χ1v) is 11.5. The molecule has 4 aromatic carbocycles. The molecular formula is C33H32O. The number of methoxy groups -OCH3 is 1. The van der Waals surface area contributed by atoms with E-state index >= 15 is 0 Å². The van der Waals surface area contributed by atoms with Crippen LogP contribution in [0, 0.1) is 0 Å². The van der Waals surface area contributed by atoms with Gasteiger partial charge in [0.2, 0.25) is 0 Å². The number of allylic oxidation sites excluding steroid dienone is 4. The molecule has 0 saturated heterocycles. The Morgan fingerprint density at radius 1 is 0.765 bits per heavy atom. The van der Waals surface area contributed by atoms with E-state index in [2.05, 4.69) is 80.9 Å². The summed E-state index contributed by atoms with van der Waals surface area (Å²) in [5.74, 6) is 0.853. The summed E-state index contributed by atoms with van der Waals surface area (Å²) < 4.78 is 5.38. The van der Waals surface area contributed by atoms with Crippen LogP contribution in [-0.2, 0) is 0 Å². The summed E-state index contributed by atoms with van der Waals surface area (Å²) in [4.78, 5) is 0. The maximum Gasteiger partial charge on any atom is 0.119 e. The van der Waals surface area contributed by atoms with Crippen LogP contribution < -0.4 is 4.74 Å². The normalized spacial score (nSPS) is 10.9. The molecule has 1 nitrogen and oxygen atoms in total. The first kappa shape index (κ1) is 24.5. The highest BCUT2D eigenvalue weighted by Crippen LogP contribution is 2.42. The predicted molar refractivity (Wildman–Crippen MR) is 153 cm³/mol. The molecule has 0 N–H and O–H groups in total. The highest BCUT2D eigenvalue weighted by Gasteiger charge is 2.18. The molecule has 4 aromatic rings. The second-order valence-corrected chi connectivity index (χ2v) is 7.52. The molecule has 0 fully saturated rings. The Morgan fingerprint density at radius 2 is 1.41 bits per heavy atom. The molecule has 34 heavy (non-hydrogen) atoms. The van der Waals surface area contributed by atoms with Crippen molar-refractivity contribution in [2.75, 3.05) is 7.11 Å². The van der Waals surface area contributed by atoms with Crippen LogP contribution >= 0.6 is 0 Å². The molecule has 0 spiro atoms. The minimum Gasteiger partial charge on any atom is -0.497 e. The molecule has 0 heterocycles. The van der Waals surface area contributed by atoms with Gasteiger partial charge in [0.05, 0.1) is 7.11 Å². The number of rotatable bonds is 7. The van der Waals surface area contributed by atoms with E-state index in [9.17, 15) is 0 Å². The fraction of sp³-hybridized carbons (Fsp3) is 0.0909. The van der Waals surface area contributed by atoms with Crippen molar-refractivity contribution >= 4 is 39.3 Å².